The highest BCUT2D eigenvalue weighted by Crippen LogP contribution is 2.19. The van der Waals surface area contributed by atoms with E-state index in [1.807, 2.05) is 11.6 Å². The Labute approximate surface area is 136 Å². The van der Waals surface area contributed by atoms with Gasteiger partial charge in [0.25, 0.3) is 0 Å². The number of rotatable bonds is 8. The summed E-state index contributed by atoms with van der Waals surface area (Å²) >= 11 is 1.75. The van der Waals surface area contributed by atoms with Crippen LogP contribution in [0.25, 0.3) is 0 Å². The van der Waals surface area contributed by atoms with Gasteiger partial charge in [0, 0.05) is 42.1 Å². The predicted molar refractivity (Wildman–Crippen MR) is 90.4 cm³/mol. The molecule has 0 aliphatic rings. The summed E-state index contributed by atoms with van der Waals surface area (Å²) in [5.74, 6) is 0.509. The van der Waals surface area contributed by atoms with Crippen molar-refractivity contribution < 1.29 is 5.11 Å². The summed E-state index contributed by atoms with van der Waals surface area (Å²) in [5, 5.41) is 20.4. The number of aliphatic hydroxyl groups excluding tert-OH is 1. The molecule has 22 heavy (non-hydrogen) atoms. The summed E-state index contributed by atoms with van der Waals surface area (Å²) in [4.78, 5) is 4.65. The minimum atomic E-state index is 0.122. The van der Waals surface area contributed by atoms with Crippen molar-refractivity contribution in [3.8, 4) is 0 Å². The number of thiazole rings is 1. The van der Waals surface area contributed by atoms with Crippen molar-refractivity contribution in [1.29, 1.82) is 0 Å². The Hall–Kier alpha value is -1.24. The van der Waals surface area contributed by atoms with Crippen LogP contribution in [0.1, 0.15) is 47.4 Å². The Kier molecular flexibility index (Phi) is 6.11. The third-order valence-electron chi connectivity index (χ3n) is 3.77. The lowest BCUT2D eigenvalue weighted by Gasteiger charge is -2.05. The van der Waals surface area contributed by atoms with Gasteiger partial charge in [-0.3, -0.25) is 4.68 Å². The quantitative estimate of drug-likeness (QED) is 0.733. The molecule has 0 fully saturated rings. The second-order valence-electron chi connectivity index (χ2n) is 5.85. The number of nitrogens with zero attached hydrogens (tertiary/aromatic N) is 3. The van der Waals surface area contributed by atoms with E-state index in [1.165, 1.54) is 16.3 Å². The van der Waals surface area contributed by atoms with Crippen LogP contribution in [0.15, 0.2) is 5.38 Å². The number of aliphatic hydroxyl groups is 1. The Morgan fingerprint density at radius 1 is 1.36 bits per heavy atom. The van der Waals surface area contributed by atoms with Gasteiger partial charge in [-0.05, 0) is 13.8 Å². The Morgan fingerprint density at radius 3 is 2.77 bits per heavy atom. The first-order valence-corrected chi connectivity index (χ1v) is 8.69. The normalized spacial score (nSPS) is 11.5. The molecule has 0 saturated heterocycles. The molecule has 0 atom stereocenters. The lowest BCUT2D eigenvalue weighted by atomic mass is 10.2. The van der Waals surface area contributed by atoms with Crippen LogP contribution in [0.2, 0.25) is 0 Å². The van der Waals surface area contributed by atoms with Crippen LogP contribution in [0.5, 0.6) is 0 Å². The van der Waals surface area contributed by atoms with E-state index in [0.29, 0.717) is 12.5 Å². The van der Waals surface area contributed by atoms with Gasteiger partial charge in [-0.2, -0.15) is 5.10 Å². The van der Waals surface area contributed by atoms with Crippen molar-refractivity contribution in [2.24, 2.45) is 0 Å². The van der Waals surface area contributed by atoms with Gasteiger partial charge in [0.1, 0.15) is 0 Å². The number of aromatic nitrogens is 3. The first-order valence-electron chi connectivity index (χ1n) is 7.81. The van der Waals surface area contributed by atoms with Gasteiger partial charge < -0.3 is 10.4 Å². The molecular formula is C16H26N4OS. The van der Waals surface area contributed by atoms with Crippen molar-refractivity contribution in [3.63, 3.8) is 0 Å². The maximum Gasteiger partial charge on any atom is 0.0953 e. The first-order chi connectivity index (χ1) is 10.5. The molecule has 2 rings (SSSR count). The molecule has 5 nitrogen and oxygen atoms in total. The van der Waals surface area contributed by atoms with Crippen molar-refractivity contribution in [2.75, 3.05) is 13.2 Å². The summed E-state index contributed by atoms with van der Waals surface area (Å²) in [6.45, 7) is 10.8. The van der Waals surface area contributed by atoms with Crippen LogP contribution in [-0.4, -0.2) is 33.0 Å². The van der Waals surface area contributed by atoms with Crippen LogP contribution < -0.4 is 5.32 Å². The number of hydrogen-bond acceptors (Lipinski definition) is 5. The fourth-order valence-corrected chi connectivity index (χ4v) is 3.30. The Bertz CT molecular complexity index is 603. The van der Waals surface area contributed by atoms with E-state index in [9.17, 15) is 0 Å². The fourth-order valence-electron chi connectivity index (χ4n) is 2.43. The van der Waals surface area contributed by atoms with E-state index >= 15 is 0 Å². The molecule has 0 aromatic carbocycles. The molecule has 2 N–H and O–H groups in total. The van der Waals surface area contributed by atoms with Gasteiger partial charge in [0.05, 0.1) is 29.5 Å². The zero-order chi connectivity index (χ0) is 16.1. The van der Waals surface area contributed by atoms with Gasteiger partial charge in [-0.1, -0.05) is 13.8 Å². The first kappa shape index (κ1) is 17.1. The molecule has 0 saturated carbocycles. The average molecular weight is 322 g/mol. The maximum absolute atomic E-state index is 9.04. The van der Waals surface area contributed by atoms with Gasteiger partial charge in [0.2, 0.25) is 0 Å². The van der Waals surface area contributed by atoms with E-state index in [-0.39, 0.29) is 6.61 Å². The van der Waals surface area contributed by atoms with Crippen LogP contribution in [0.4, 0.5) is 0 Å². The average Bonchev–Trinajstić information content (AvgIpc) is 3.04. The molecule has 2 aromatic heterocycles. The SMILES string of the molecule is Cc1nn(CCO)c(C)c1CNCCc1csc(C(C)C)n1. The van der Waals surface area contributed by atoms with Crippen molar-refractivity contribution in [1.82, 2.24) is 20.1 Å². The highest BCUT2D eigenvalue weighted by molar-refractivity contribution is 7.09. The third kappa shape index (κ3) is 4.15. The Balaban J connectivity index is 1.83. The topological polar surface area (TPSA) is 63.0 Å². The molecule has 2 heterocycles. The van der Waals surface area contributed by atoms with Crippen molar-refractivity contribution in [3.05, 3.63) is 33.0 Å². The molecule has 0 amide bonds. The fraction of sp³-hybridized carbons (Fsp3) is 0.625. The standard InChI is InChI=1S/C16H26N4OS/c1-11(2)16-18-14(10-22-16)5-6-17-9-15-12(3)19-20(7-8-21)13(15)4/h10-11,17,21H,5-9H2,1-4H3. The summed E-state index contributed by atoms with van der Waals surface area (Å²) in [6.07, 6.45) is 0.950. The van der Waals surface area contributed by atoms with Crippen LogP contribution in [0.3, 0.4) is 0 Å². The van der Waals surface area contributed by atoms with Crippen LogP contribution >= 0.6 is 11.3 Å². The largest absolute Gasteiger partial charge is 0.394 e. The highest BCUT2D eigenvalue weighted by Gasteiger charge is 2.11. The molecule has 0 radical (unpaired) electrons. The number of hydrogen-bond donors (Lipinski definition) is 2. The predicted octanol–water partition coefficient (Wildman–Crippen LogP) is 2.40. The number of nitrogens with one attached hydrogen (secondary N) is 1. The summed E-state index contributed by atoms with van der Waals surface area (Å²) in [5.41, 5.74) is 4.57. The highest BCUT2D eigenvalue weighted by atomic mass is 32.1. The minimum Gasteiger partial charge on any atom is -0.394 e. The smallest absolute Gasteiger partial charge is 0.0953 e. The second-order valence-corrected chi connectivity index (χ2v) is 6.74. The molecule has 2 aromatic rings. The lowest BCUT2D eigenvalue weighted by molar-refractivity contribution is 0.267. The van der Waals surface area contributed by atoms with E-state index in [1.54, 1.807) is 11.3 Å². The van der Waals surface area contributed by atoms with Crippen molar-refractivity contribution in [2.45, 2.75) is 53.1 Å². The molecule has 6 heteroatoms. The zero-order valence-corrected chi connectivity index (χ0v) is 14.7. The molecule has 0 aliphatic carbocycles. The second kappa shape index (κ2) is 7.85. The lowest BCUT2D eigenvalue weighted by Crippen LogP contribution is -2.18. The third-order valence-corrected chi connectivity index (χ3v) is 4.96. The Morgan fingerprint density at radius 2 is 2.14 bits per heavy atom. The van der Waals surface area contributed by atoms with Crippen LogP contribution in [-0.2, 0) is 19.5 Å². The summed E-state index contributed by atoms with van der Waals surface area (Å²) < 4.78 is 1.88. The molecular weight excluding hydrogens is 296 g/mol. The van der Waals surface area contributed by atoms with E-state index in [2.05, 4.69) is 41.6 Å². The van der Waals surface area contributed by atoms with E-state index in [4.69, 9.17) is 5.11 Å². The summed E-state index contributed by atoms with van der Waals surface area (Å²) in [6, 6.07) is 0. The van der Waals surface area contributed by atoms with E-state index in [0.717, 1.165) is 30.9 Å². The van der Waals surface area contributed by atoms with Crippen molar-refractivity contribution >= 4 is 11.3 Å². The molecule has 0 spiro atoms. The molecule has 0 bridgehead atoms. The monoisotopic (exact) mass is 322 g/mol. The minimum absolute atomic E-state index is 0.122. The maximum atomic E-state index is 9.04. The summed E-state index contributed by atoms with van der Waals surface area (Å²) in [7, 11) is 0. The van der Waals surface area contributed by atoms with Gasteiger partial charge >= 0.3 is 0 Å². The van der Waals surface area contributed by atoms with E-state index < -0.39 is 0 Å². The van der Waals surface area contributed by atoms with Crippen LogP contribution in [0, 0.1) is 13.8 Å². The zero-order valence-electron chi connectivity index (χ0n) is 13.9. The number of aryl methyl sites for hydroxylation is 1. The molecule has 122 valence electrons. The van der Waals surface area contributed by atoms with Gasteiger partial charge in [-0.15, -0.1) is 11.3 Å². The molecule has 0 unspecified atom stereocenters. The van der Waals surface area contributed by atoms with Gasteiger partial charge in [0.15, 0.2) is 0 Å². The van der Waals surface area contributed by atoms with Gasteiger partial charge in [-0.25, -0.2) is 4.98 Å². The molecule has 0 aliphatic heterocycles.